The topological polar surface area (TPSA) is 88.1 Å². The van der Waals surface area contributed by atoms with Crippen LogP contribution >= 0.6 is 0 Å². The highest BCUT2D eigenvalue weighted by molar-refractivity contribution is 7.89. The first-order valence-corrected chi connectivity index (χ1v) is 14.1. The second kappa shape index (κ2) is 10.6. The SMILES string of the molecule is CCCS(=O)(=O)NCC1CC2CCN1CC2c1cc(C(CC)CC)nc(-c2ccncc2)n1. The first-order valence-electron chi connectivity index (χ1n) is 12.4. The van der Waals surface area contributed by atoms with Crippen LogP contribution in [0, 0.1) is 5.92 Å². The molecule has 3 saturated heterocycles. The molecule has 7 nitrogen and oxygen atoms in total. The third-order valence-corrected chi connectivity index (χ3v) is 8.93. The van der Waals surface area contributed by atoms with Gasteiger partial charge in [0.1, 0.15) is 0 Å². The maximum atomic E-state index is 12.1. The zero-order chi connectivity index (χ0) is 23.4. The third-order valence-electron chi connectivity index (χ3n) is 7.38. The lowest BCUT2D eigenvalue weighted by atomic mass is 9.74. The number of aromatic nitrogens is 3. The fraction of sp³-hybridized carbons (Fsp3) is 0.640. The molecule has 4 atom stereocenters. The second-order valence-corrected chi connectivity index (χ2v) is 11.4. The summed E-state index contributed by atoms with van der Waals surface area (Å²) < 4.78 is 27.1. The molecule has 0 amide bonds. The fourth-order valence-corrected chi connectivity index (χ4v) is 6.60. The number of fused-ring (bicyclic) bond motifs is 3. The van der Waals surface area contributed by atoms with E-state index in [1.165, 1.54) is 0 Å². The summed E-state index contributed by atoms with van der Waals surface area (Å²) in [5.41, 5.74) is 3.28. The van der Waals surface area contributed by atoms with Crippen molar-refractivity contribution in [2.45, 2.75) is 70.8 Å². The number of hydrogen-bond donors (Lipinski definition) is 1. The van der Waals surface area contributed by atoms with Gasteiger partial charge in [-0.15, -0.1) is 0 Å². The summed E-state index contributed by atoms with van der Waals surface area (Å²) in [7, 11) is -3.17. The van der Waals surface area contributed by atoms with E-state index in [4.69, 9.17) is 9.97 Å². The Morgan fingerprint density at radius 2 is 1.91 bits per heavy atom. The maximum absolute atomic E-state index is 12.1. The second-order valence-electron chi connectivity index (χ2n) is 9.50. The zero-order valence-electron chi connectivity index (χ0n) is 20.1. The van der Waals surface area contributed by atoms with Crippen LogP contribution in [0.3, 0.4) is 0 Å². The van der Waals surface area contributed by atoms with E-state index in [1.807, 2.05) is 19.1 Å². The molecular formula is C25H37N5O2S. The van der Waals surface area contributed by atoms with Gasteiger partial charge in [0.05, 0.1) is 5.75 Å². The van der Waals surface area contributed by atoms with E-state index in [9.17, 15) is 8.42 Å². The highest BCUT2D eigenvalue weighted by Gasteiger charge is 2.41. The standard InChI is InChI=1S/C25H37N5O2S/c1-4-13-33(31,32)27-16-21-14-20-9-12-30(21)17-22(20)24-15-23(18(5-2)6-3)28-25(29-24)19-7-10-26-11-8-19/h7-8,10-11,15,18,20-22,27H,4-6,9,12-14,16-17H2,1-3H3. The van der Waals surface area contributed by atoms with Crippen LogP contribution in [0.25, 0.3) is 11.4 Å². The molecule has 4 unspecified atom stereocenters. The van der Waals surface area contributed by atoms with Gasteiger partial charge >= 0.3 is 0 Å². The van der Waals surface area contributed by atoms with Crippen molar-refractivity contribution in [2.75, 3.05) is 25.4 Å². The van der Waals surface area contributed by atoms with E-state index in [1.54, 1.807) is 12.4 Å². The first-order chi connectivity index (χ1) is 15.9. The Kier molecular flexibility index (Phi) is 7.76. The average molecular weight is 472 g/mol. The Balaban J connectivity index is 1.57. The summed E-state index contributed by atoms with van der Waals surface area (Å²) in [4.78, 5) is 16.6. The predicted molar refractivity (Wildman–Crippen MR) is 131 cm³/mol. The lowest BCUT2D eigenvalue weighted by Gasteiger charge is -2.49. The summed E-state index contributed by atoms with van der Waals surface area (Å²) in [6.07, 6.45) is 8.49. The van der Waals surface area contributed by atoms with E-state index in [2.05, 4.69) is 34.5 Å². The molecule has 3 aliphatic rings. The van der Waals surface area contributed by atoms with E-state index >= 15 is 0 Å². The average Bonchev–Trinajstić information content (AvgIpc) is 2.84. The molecular weight excluding hydrogens is 434 g/mol. The molecule has 3 fully saturated rings. The molecule has 0 radical (unpaired) electrons. The van der Waals surface area contributed by atoms with E-state index in [-0.39, 0.29) is 11.8 Å². The molecule has 1 N–H and O–H groups in total. The van der Waals surface area contributed by atoms with Crippen molar-refractivity contribution in [3.05, 3.63) is 42.0 Å². The van der Waals surface area contributed by atoms with Crippen LogP contribution in [0.5, 0.6) is 0 Å². The molecule has 2 bridgehead atoms. The Labute approximate surface area is 198 Å². The van der Waals surface area contributed by atoms with Crippen molar-refractivity contribution in [3.63, 3.8) is 0 Å². The monoisotopic (exact) mass is 471 g/mol. The summed E-state index contributed by atoms with van der Waals surface area (Å²) in [5, 5.41) is 0. The lowest BCUT2D eigenvalue weighted by molar-refractivity contribution is 0.0317. The molecule has 33 heavy (non-hydrogen) atoms. The molecule has 180 valence electrons. The van der Waals surface area contributed by atoms with E-state index in [0.29, 0.717) is 30.7 Å². The van der Waals surface area contributed by atoms with Crippen molar-refractivity contribution < 1.29 is 8.42 Å². The van der Waals surface area contributed by atoms with Crippen molar-refractivity contribution >= 4 is 10.0 Å². The van der Waals surface area contributed by atoms with Crippen molar-refractivity contribution in [3.8, 4) is 11.4 Å². The van der Waals surface area contributed by atoms with E-state index in [0.717, 1.165) is 61.5 Å². The van der Waals surface area contributed by atoms with Crippen LogP contribution in [-0.4, -0.2) is 59.7 Å². The number of piperidine rings is 3. The normalized spacial score (nSPS) is 25.0. The largest absolute Gasteiger partial charge is 0.298 e. The Morgan fingerprint density at radius 1 is 1.15 bits per heavy atom. The molecule has 5 heterocycles. The molecule has 3 aliphatic heterocycles. The van der Waals surface area contributed by atoms with Crippen LogP contribution in [0.2, 0.25) is 0 Å². The van der Waals surface area contributed by atoms with Gasteiger partial charge in [-0.1, -0.05) is 20.8 Å². The molecule has 5 rings (SSSR count). The lowest BCUT2D eigenvalue weighted by Crippen LogP contribution is -2.56. The Morgan fingerprint density at radius 3 is 2.55 bits per heavy atom. The van der Waals surface area contributed by atoms with Crippen LogP contribution in [0.4, 0.5) is 0 Å². The quantitative estimate of drug-likeness (QED) is 0.564. The summed E-state index contributed by atoms with van der Waals surface area (Å²) in [6, 6.07) is 6.47. The highest BCUT2D eigenvalue weighted by Crippen LogP contribution is 2.42. The minimum absolute atomic E-state index is 0.198. The van der Waals surface area contributed by atoms with Crippen LogP contribution in [0.1, 0.15) is 76.1 Å². The van der Waals surface area contributed by atoms with Crippen LogP contribution in [-0.2, 0) is 10.0 Å². The smallest absolute Gasteiger partial charge is 0.211 e. The minimum Gasteiger partial charge on any atom is -0.298 e. The van der Waals surface area contributed by atoms with Gasteiger partial charge in [0.25, 0.3) is 0 Å². The number of pyridine rings is 1. The number of sulfonamides is 1. The number of hydrogen-bond acceptors (Lipinski definition) is 6. The van der Waals surface area contributed by atoms with Gasteiger partial charge in [0, 0.05) is 60.3 Å². The molecule has 8 heteroatoms. The molecule has 0 aromatic carbocycles. The van der Waals surface area contributed by atoms with Gasteiger partial charge in [-0.05, 0) is 62.8 Å². The van der Waals surface area contributed by atoms with Gasteiger partial charge < -0.3 is 0 Å². The van der Waals surface area contributed by atoms with E-state index < -0.39 is 10.0 Å². The summed E-state index contributed by atoms with van der Waals surface area (Å²) >= 11 is 0. The van der Waals surface area contributed by atoms with Crippen LogP contribution in [0.15, 0.2) is 30.6 Å². The van der Waals surface area contributed by atoms with Crippen molar-refractivity contribution in [1.82, 2.24) is 24.6 Å². The highest BCUT2D eigenvalue weighted by atomic mass is 32.2. The zero-order valence-corrected chi connectivity index (χ0v) is 20.9. The molecule has 2 aromatic heterocycles. The van der Waals surface area contributed by atoms with Crippen molar-refractivity contribution in [2.24, 2.45) is 5.92 Å². The Bertz CT molecular complexity index is 1030. The summed E-state index contributed by atoms with van der Waals surface area (Å²) in [6.45, 7) is 8.81. The minimum atomic E-state index is -3.17. The van der Waals surface area contributed by atoms with Crippen LogP contribution < -0.4 is 4.72 Å². The maximum Gasteiger partial charge on any atom is 0.211 e. The molecule has 0 saturated carbocycles. The van der Waals surface area contributed by atoms with Crippen molar-refractivity contribution in [1.29, 1.82) is 0 Å². The molecule has 0 spiro atoms. The van der Waals surface area contributed by atoms with Gasteiger partial charge in [-0.3, -0.25) is 9.88 Å². The molecule has 2 aromatic rings. The predicted octanol–water partition coefficient (Wildman–Crippen LogP) is 3.95. The fourth-order valence-electron chi connectivity index (χ4n) is 5.47. The number of nitrogens with one attached hydrogen (secondary N) is 1. The summed E-state index contributed by atoms with van der Waals surface area (Å²) in [5.74, 6) is 2.29. The number of nitrogens with zero attached hydrogens (tertiary/aromatic N) is 4. The van der Waals surface area contributed by atoms with Gasteiger partial charge in [0.15, 0.2) is 5.82 Å². The third kappa shape index (κ3) is 5.61. The first kappa shape index (κ1) is 24.2. The van der Waals surface area contributed by atoms with Gasteiger partial charge in [-0.2, -0.15) is 0 Å². The molecule has 0 aliphatic carbocycles. The Hall–Kier alpha value is -1.90. The van der Waals surface area contributed by atoms with Gasteiger partial charge in [0.2, 0.25) is 10.0 Å². The number of rotatable bonds is 10. The van der Waals surface area contributed by atoms with Gasteiger partial charge in [-0.25, -0.2) is 23.1 Å².